The number of alkyl halides is 3. The molecule has 1 saturated heterocycles. The van der Waals surface area contributed by atoms with Crippen LogP contribution in [0.3, 0.4) is 0 Å². The van der Waals surface area contributed by atoms with Gasteiger partial charge in [-0.15, -0.1) is 0 Å². The first kappa shape index (κ1) is 13.3. The summed E-state index contributed by atoms with van der Waals surface area (Å²) in [5, 5.41) is 5.37. The van der Waals surface area contributed by atoms with E-state index in [1.165, 1.54) is 6.92 Å². The van der Waals surface area contributed by atoms with Gasteiger partial charge < -0.3 is 10.6 Å². The van der Waals surface area contributed by atoms with E-state index >= 15 is 0 Å². The highest BCUT2D eigenvalue weighted by molar-refractivity contribution is 5.82. The van der Waals surface area contributed by atoms with Crippen molar-refractivity contribution >= 4 is 5.91 Å². The summed E-state index contributed by atoms with van der Waals surface area (Å²) in [4.78, 5) is 11.6. The molecule has 1 fully saturated rings. The largest absolute Gasteiger partial charge is 0.391 e. The monoisotopic (exact) mass is 238 g/mol. The second-order valence-corrected chi connectivity index (χ2v) is 4.43. The van der Waals surface area contributed by atoms with Gasteiger partial charge in [0.15, 0.2) is 0 Å². The fourth-order valence-corrected chi connectivity index (χ4v) is 1.92. The number of hydrogen-bond acceptors (Lipinski definition) is 2. The van der Waals surface area contributed by atoms with Gasteiger partial charge in [0.2, 0.25) is 5.91 Å². The highest BCUT2D eigenvalue weighted by Gasteiger charge is 2.33. The zero-order valence-electron chi connectivity index (χ0n) is 9.40. The van der Waals surface area contributed by atoms with Crippen molar-refractivity contribution in [1.82, 2.24) is 10.6 Å². The number of hydrogen-bond donors (Lipinski definition) is 2. The zero-order chi connectivity index (χ0) is 12.3. The zero-order valence-corrected chi connectivity index (χ0v) is 9.40. The molecule has 1 amide bonds. The quantitative estimate of drug-likeness (QED) is 0.781. The van der Waals surface area contributed by atoms with Crippen molar-refractivity contribution < 1.29 is 18.0 Å². The molecule has 1 rings (SSSR count). The van der Waals surface area contributed by atoms with Crippen molar-refractivity contribution in [2.24, 2.45) is 5.92 Å². The number of halogens is 3. The van der Waals surface area contributed by atoms with Crippen LogP contribution in [0.25, 0.3) is 0 Å². The Bertz CT molecular complexity index is 255. The number of amides is 1. The van der Waals surface area contributed by atoms with Crippen LogP contribution in [0.2, 0.25) is 0 Å². The summed E-state index contributed by atoms with van der Waals surface area (Å²) < 4.78 is 36.1. The Balaban J connectivity index is 2.39. The van der Waals surface area contributed by atoms with Crippen LogP contribution in [0.15, 0.2) is 0 Å². The Morgan fingerprint density at radius 1 is 1.56 bits per heavy atom. The third-order valence-electron chi connectivity index (χ3n) is 2.74. The Labute approximate surface area is 92.8 Å². The fraction of sp³-hybridized carbons (Fsp3) is 0.900. The summed E-state index contributed by atoms with van der Waals surface area (Å²) in [6, 6.07) is -1.22. The summed E-state index contributed by atoms with van der Waals surface area (Å²) >= 11 is 0. The van der Waals surface area contributed by atoms with E-state index in [4.69, 9.17) is 0 Å². The van der Waals surface area contributed by atoms with Crippen LogP contribution in [0, 0.1) is 5.92 Å². The molecule has 3 atom stereocenters. The molecule has 0 saturated carbocycles. The predicted molar refractivity (Wildman–Crippen MR) is 53.8 cm³/mol. The Morgan fingerprint density at radius 3 is 2.62 bits per heavy atom. The molecule has 0 spiro atoms. The van der Waals surface area contributed by atoms with E-state index in [2.05, 4.69) is 10.6 Å². The van der Waals surface area contributed by atoms with Gasteiger partial charge in [-0.3, -0.25) is 4.79 Å². The highest BCUT2D eigenvalue weighted by atomic mass is 19.4. The molecule has 3 unspecified atom stereocenters. The Hall–Kier alpha value is -0.780. The molecular weight excluding hydrogens is 221 g/mol. The first-order valence-corrected chi connectivity index (χ1v) is 5.40. The van der Waals surface area contributed by atoms with Crippen LogP contribution < -0.4 is 10.6 Å². The lowest BCUT2D eigenvalue weighted by Crippen LogP contribution is -2.47. The van der Waals surface area contributed by atoms with Crippen LogP contribution in [0.4, 0.5) is 13.2 Å². The van der Waals surface area contributed by atoms with Crippen LogP contribution in [0.1, 0.15) is 26.7 Å². The molecule has 0 aromatic heterocycles. The van der Waals surface area contributed by atoms with Gasteiger partial charge in [-0.2, -0.15) is 13.2 Å². The summed E-state index contributed by atoms with van der Waals surface area (Å²) in [6.45, 7) is 4.02. The minimum absolute atomic E-state index is 0.179. The van der Waals surface area contributed by atoms with Crippen molar-refractivity contribution in [3.8, 4) is 0 Å². The average Bonchev–Trinajstić information content (AvgIpc) is 2.47. The lowest BCUT2D eigenvalue weighted by Gasteiger charge is -2.20. The summed E-state index contributed by atoms with van der Waals surface area (Å²) in [6.07, 6.45) is -4.34. The molecule has 1 heterocycles. The van der Waals surface area contributed by atoms with Crippen LogP contribution in [-0.2, 0) is 4.79 Å². The molecule has 6 heteroatoms. The topological polar surface area (TPSA) is 41.1 Å². The van der Waals surface area contributed by atoms with Gasteiger partial charge in [-0.05, 0) is 25.8 Å². The maximum Gasteiger partial charge on any atom is 0.391 e. The van der Waals surface area contributed by atoms with Gasteiger partial charge in [0.05, 0.1) is 12.5 Å². The molecule has 1 aliphatic rings. The van der Waals surface area contributed by atoms with E-state index in [1.807, 2.05) is 6.92 Å². The van der Waals surface area contributed by atoms with Gasteiger partial charge in [0.1, 0.15) is 0 Å². The van der Waals surface area contributed by atoms with Crippen molar-refractivity contribution in [3.05, 3.63) is 0 Å². The summed E-state index contributed by atoms with van der Waals surface area (Å²) in [5.41, 5.74) is 0. The standard InChI is InChI=1S/C10H17F3N2O/c1-6-3-4-14-8(6)9(16)15-7(2)5-10(11,12)13/h6-8,14H,3-5H2,1-2H3,(H,15,16). The normalized spacial score (nSPS) is 27.8. The fourth-order valence-electron chi connectivity index (χ4n) is 1.92. The lowest BCUT2D eigenvalue weighted by molar-refractivity contribution is -0.141. The first-order valence-electron chi connectivity index (χ1n) is 5.40. The first-order chi connectivity index (χ1) is 7.29. The molecule has 0 radical (unpaired) electrons. The van der Waals surface area contributed by atoms with Crippen LogP contribution in [0.5, 0.6) is 0 Å². The smallest absolute Gasteiger partial charge is 0.352 e. The second-order valence-electron chi connectivity index (χ2n) is 4.43. The molecular formula is C10H17F3N2O. The molecule has 94 valence electrons. The van der Waals surface area contributed by atoms with E-state index in [9.17, 15) is 18.0 Å². The molecule has 0 aromatic rings. The summed E-state index contributed by atoms with van der Waals surface area (Å²) in [7, 11) is 0. The van der Waals surface area contributed by atoms with E-state index < -0.39 is 18.6 Å². The van der Waals surface area contributed by atoms with Crippen LogP contribution >= 0.6 is 0 Å². The third kappa shape index (κ3) is 4.00. The van der Waals surface area contributed by atoms with Crippen LogP contribution in [-0.4, -0.2) is 30.7 Å². The summed E-state index contributed by atoms with van der Waals surface area (Å²) in [5.74, 6) is -0.153. The Morgan fingerprint density at radius 2 is 2.19 bits per heavy atom. The van der Waals surface area contributed by atoms with Gasteiger partial charge in [-0.1, -0.05) is 6.92 Å². The molecule has 0 aliphatic carbocycles. The third-order valence-corrected chi connectivity index (χ3v) is 2.74. The molecule has 3 nitrogen and oxygen atoms in total. The molecule has 0 aromatic carbocycles. The number of nitrogens with one attached hydrogen (secondary N) is 2. The predicted octanol–water partition coefficient (Wildman–Crippen LogP) is 1.44. The number of carbonyl (C=O) groups excluding carboxylic acids is 1. The van der Waals surface area contributed by atoms with Gasteiger partial charge in [-0.25, -0.2) is 0 Å². The van der Waals surface area contributed by atoms with E-state index in [0.717, 1.165) is 13.0 Å². The number of carbonyl (C=O) groups is 1. The second kappa shape index (κ2) is 5.03. The Kier molecular flexibility index (Phi) is 4.18. The van der Waals surface area contributed by atoms with Crippen molar-refractivity contribution in [2.75, 3.05) is 6.54 Å². The van der Waals surface area contributed by atoms with Crippen molar-refractivity contribution in [3.63, 3.8) is 0 Å². The molecule has 16 heavy (non-hydrogen) atoms. The average molecular weight is 238 g/mol. The minimum Gasteiger partial charge on any atom is -0.352 e. The lowest BCUT2D eigenvalue weighted by atomic mass is 10.0. The van der Waals surface area contributed by atoms with E-state index in [0.29, 0.717) is 0 Å². The highest BCUT2D eigenvalue weighted by Crippen LogP contribution is 2.21. The minimum atomic E-state index is -4.23. The maximum absolute atomic E-state index is 12.0. The van der Waals surface area contributed by atoms with Crippen molar-refractivity contribution in [2.45, 2.75) is 44.9 Å². The molecule has 2 N–H and O–H groups in total. The van der Waals surface area contributed by atoms with Gasteiger partial charge in [0.25, 0.3) is 0 Å². The SMILES string of the molecule is CC(CC(F)(F)F)NC(=O)C1NCCC1C. The van der Waals surface area contributed by atoms with Crippen molar-refractivity contribution in [1.29, 1.82) is 0 Å². The molecule has 0 bridgehead atoms. The van der Waals surface area contributed by atoms with E-state index in [1.54, 1.807) is 0 Å². The van der Waals surface area contributed by atoms with Gasteiger partial charge >= 0.3 is 6.18 Å². The van der Waals surface area contributed by atoms with E-state index in [-0.39, 0.29) is 17.9 Å². The van der Waals surface area contributed by atoms with Gasteiger partial charge in [0, 0.05) is 6.04 Å². The maximum atomic E-state index is 12.0. The molecule has 1 aliphatic heterocycles. The number of rotatable bonds is 3.